The van der Waals surface area contributed by atoms with Gasteiger partial charge in [0.1, 0.15) is 0 Å². The molecule has 0 amide bonds. The Morgan fingerprint density at radius 3 is 2.70 bits per heavy atom. The van der Waals surface area contributed by atoms with E-state index in [1.54, 1.807) is 25.4 Å². The van der Waals surface area contributed by atoms with Gasteiger partial charge in [-0.15, -0.1) is 5.10 Å². The molecule has 0 aliphatic carbocycles. The minimum atomic E-state index is -4.04. The molecule has 0 radical (unpaired) electrons. The molecule has 12 heteroatoms. The summed E-state index contributed by atoms with van der Waals surface area (Å²) in [5.41, 5.74) is 0.173. The Morgan fingerprint density at radius 2 is 2.09 bits per heavy atom. The summed E-state index contributed by atoms with van der Waals surface area (Å²) >= 11 is 9.23. The summed E-state index contributed by atoms with van der Waals surface area (Å²) in [5.74, 6) is 0.432. The first kappa shape index (κ1) is 16.0. The van der Waals surface area contributed by atoms with Crippen LogP contribution >= 0.6 is 27.5 Å². The average molecular weight is 422 g/mol. The molecule has 3 heterocycles. The van der Waals surface area contributed by atoms with Crippen LogP contribution in [0.2, 0.25) is 5.02 Å². The van der Waals surface area contributed by atoms with Crippen molar-refractivity contribution in [1.29, 1.82) is 0 Å². The Bertz CT molecular complexity index is 999. The van der Waals surface area contributed by atoms with E-state index in [0.717, 1.165) is 0 Å². The summed E-state index contributed by atoms with van der Waals surface area (Å²) < 4.78 is 35.5. The minimum Gasteiger partial charge on any atom is -0.481 e. The molecule has 3 aromatic heterocycles. The predicted octanol–water partition coefficient (Wildman–Crippen LogP) is 1.69. The van der Waals surface area contributed by atoms with E-state index in [4.69, 9.17) is 16.3 Å². The van der Waals surface area contributed by atoms with Crippen LogP contribution < -0.4 is 9.46 Å². The second-order valence-corrected chi connectivity index (χ2v) is 7.30. The molecule has 9 nitrogen and oxygen atoms in total. The fourth-order valence-electron chi connectivity index (χ4n) is 1.86. The van der Waals surface area contributed by atoms with Gasteiger partial charge in [-0.2, -0.15) is 23.0 Å². The summed E-state index contributed by atoms with van der Waals surface area (Å²) in [4.78, 5) is 3.96. The fourth-order valence-corrected chi connectivity index (χ4v) is 3.54. The predicted molar refractivity (Wildman–Crippen MR) is 86.3 cm³/mol. The van der Waals surface area contributed by atoms with Gasteiger partial charge < -0.3 is 4.74 Å². The highest BCUT2D eigenvalue weighted by molar-refractivity contribution is 9.10. The number of pyridine rings is 1. The van der Waals surface area contributed by atoms with E-state index in [2.05, 4.69) is 35.8 Å². The number of sulfonamides is 1. The van der Waals surface area contributed by atoms with Crippen LogP contribution in [0.15, 0.2) is 28.0 Å². The summed E-state index contributed by atoms with van der Waals surface area (Å²) in [6.45, 7) is 0. The summed E-state index contributed by atoms with van der Waals surface area (Å²) in [6, 6.07) is 3.10. The second kappa shape index (κ2) is 5.65. The molecule has 0 saturated heterocycles. The van der Waals surface area contributed by atoms with Gasteiger partial charge in [0.05, 0.1) is 16.6 Å². The molecule has 122 valence electrons. The van der Waals surface area contributed by atoms with Crippen molar-refractivity contribution in [1.82, 2.24) is 24.4 Å². The molecule has 0 bridgehead atoms. The first-order valence-corrected chi connectivity index (χ1v) is 8.78. The number of methoxy groups -OCH3 is 1. The van der Waals surface area contributed by atoms with Gasteiger partial charge in [-0.3, -0.25) is 9.40 Å². The number of nitrogens with one attached hydrogen (secondary N) is 1. The largest absolute Gasteiger partial charge is 0.481 e. The van der Waals surface area contributed by atoms with Gasteiger partial charge in [0.25, 0.3) is 5.16 Å². The topological polar surface area (TPSA) is 103 Å². The number of anilines is 1. The Balaban J connectivity index is 2.08. The van der Waals surface area contributed by atoms with Crippen molar-refractivity contribution in [2.45, 2.75) is 5.16 Å². The van der Waals surface area contributed by atoms with Crippen LogP contribution in [-0.4, -0.2) is 39.9 Å². The maximum atomic E-state index is 12.4. The van der Waals surface area contributed by atoms with E-state index in [0.29, 0.717) is 10.4 Å². The Hall–Kier alpha value is -1.85. The van der Waals surface area contributed by atoms with Crippen LogP contribution in [-0.2, 0) is 17.1 Å². The van der Waals surface area contributed by atoms with Gasteiger partial charge in [0, 0.05) is 19.3 Å². The first-order valence-electron chi connectivity index (χ1n) is 6.13. The quantitative estimate of drug-likeness (QED) is 0.687. The van der Waals surface area contributed by atoms with Crippen molar-refractivity contribution in [3.8, 4) is 5.88 Å². The number of hydrogen-bond donors (Lipinski definition) is 1. The zero-order valence-corrected chi connectivity index (χ0v) is 15.0. The molecule has 0 saturated carbocycles. The molecule has 1 N–H and O–H groups in total. The number of halogens is 2. The van der Waals surface area contributed by atoms with Gasteiger partial charge in [-0.1, -0.05) is 11.6 Å². The monoisotopic (exact) mass is 420 g/mol. The zero-order chi connectivity index (χ0) is 16.8. The highest BCUT2D eigenvalue weighted by Crippen LogP contribution is 2.25. The lowest BCUT2D eigenvalue weighted by atomic mass is 10.4. The van der Waals surface area contributed by atoms with E-state index in [9.17, 15) is 8.42 Å². The Labute approximate surface area is 144 Å². The smallest absolute Gasteiger partial charge is 0.300 e. The van der Waals surface area contributed by atoms with Gasteiger partial charge in [-0.05, 0) is 22.0 Å². The van der Waals surface area contributed by atoms with Gasteiger partial charge >= 0.3 is 10.0 Å². The number of ether oxygens (including phenoxy) is 1. The van der Waals surface area contributed by atoms with Gasteiger partial charge in [-0.25, -0.2) is 0 Å². The molecular weight excluding hydrogens is 412 g/mol. The number of aromatic nitrogens is 5. The van der Waals surface area contributed by atoms with E-state index in [1.165, 1.54) is 16.3 Å². The van der Waals surface area contributed by atoms with Crippen LogP contribution in [0.4, 0.5) is 5.82 Å². The molecule has 0 aliphatic heterocycles. The van der Waals surface area contributed by atoms with Gasteiger partial charge in [0.2, 0.25) is 5.88 Å². The third-order valence-electron chi connectivity index (χ3n) is 2.85. The molecule has 0 aromatic carbocycles. The number of hydrogen-bond acceptors (Lipinski definition) is 6. The number of fused-ring (bicyclic) bond motifs is 1. The third kappa shape index (κ3) is 2.86. The number of aryl methyl sites for hydroxylation is 1. The lowest BCUT2D eigenvalue weighted by Crippen LogP contribution is -2.15. The number of nitrogens with zero attached hydrogens (tertiary/aromatic N) is 5. The molecule has 0 aliphatic rings. The summed E-state index contributed by atoms with van der Waals surface area (Å²) in [6.07, 6.45) is 1.61. The molecule has 0 atom stereocenters. The summed E-state index contributed by atoms with van der Waals surface area (Å²) in [7, 11) is -0.944. The summed E-state index contributed by atoms with van der Waals surface area (Å²) in [5, 5.41) is 7.74. The van der Waals surface area contributed by atoms with Crippen LogP contribution in [0.1, 0.15) is 0 Å². The Morgan fingerprint density at radius 1 is 1.35 bits per heavy atom. The molecule has 0 unspecified atom stereocenters. The van der Waals surface area contributed by atoms with Crippen molar-refractivity contribution in [2.75, 3.05) is 11.8 Å². The lowest BCUT2D eigenvalue weighted by Gasteiger charge is -2.02. The molecule has 3 aromatic rings. The molecular formula is C11H10BrClN6O3S. The second-order valence-electron chi connectivity index (χ2n) is 4.46. The van der Waals surface area contributed by atoms with Crippen molar-refractivity contribution in [2.24, 2.45) is 7.05 Å². The maximum Gasteiger partial charge on any atom is 0.300 e. The van der Waals surface area contributed by atoms with Gasteiger partial charge in [0.15, 0.2) is 11.5 Å². The highest BCUT2D eigenvalue weighted by atomic mass is 79.9. The first-order chi connectivity index (χ1) is 10.8. The van der Waals surface area contributed by atoms with Crippen LogP contribution in [0, 0.1) is 0 Å². The van der Waals surface area contributed by atoms with E-state index < -0.39 is 15.2 Å². The maximum absolute atomic E-state index is 12.4. The third-order valence-corrected chi connectivity index (χ3v) is 4.84. The van der Waals surface area contributed by atoms with Crippen molar-refractivity contribution in [3.63, 3.8) is 0 Å². The van der Waals surface area contributed by atoms with Crippen molar-refractivity contribution < 1.29 is 13.2 Å². The van der Waals surface area contributed by atoms with Crippen molar-refractivity contribution in [3.05, 3.63) is 27.8 Å². The minimum absolute atomic E-state index is 0.129. The lowest BCUT2D eigenvalue weighted by molar-refractivity contribution is 0.384. The zero-order valence-electron chi connectivity index (χ0n) is 11.9. The van der Waals surface area contributed by atoms with Crippen molar-refractivity contribution >= 4 is 49.0 Å². The van der Waals surface area contributed by atoms with Crippen LogP contribution in [0.3, 0.4) is 0 Å². The fraction of sp³-hybridized carbons (Fsp3) is 0.182. The molecule has 3 rings (SSSR count). The SMILES string of the molecule is COc1ccc(Cl)c2nc(S(=O)(=O)Nc3nn(C)cc3Br)nn12. The standard InChI is InChI=1S/C11H10BrClN6O3S/c1-18-5-6(12)9(15-18)17-23(20,21)11-14-10-7(13)3-4-8(22-2)19(10)16-11/h3-5H,1-2H3,(H,15,17). The van der Waals surface area contributed by atoms with E-state index >= 15 is 0 Å². The van der Waals surface area contributed by atoms with Crippen LogP contribution in [0.25, 0.3) is 5.65 Å². The van der Waals surface area contributed by atoms with E-state index in [-0.39, 0.29) is 16.5 Å². The van der Waals surface area contributed by atoms with Crippen LogP contribution in [0.5, 0.6) is 5.88 Å². The molecule has 23 heavy (non-hydrogen) atoms. The Kier molecular flexibility index (Phi) is 3.94. The average Bonchev–Trinajstić information content (AvgIpc) is 3.05. The normalized spacial score (nSPS) is 11.8. The highest BCUT2D eigenvalue weighted by Gasteiger charge is 2.24. The molecule has 0 fully saturated rings. The molecule has 0 spiro atoms. The number of rotatable bonds is 4. The van der Waals surface area contributed by atoms with E-state index in [1.807, 2.05) is 0 Å².